The number of ether oxygens (including phenoxy) is 1. The van der Waals surface area contributed by atoms with E-state index in [1.807, 2.05) is 12.3 Å². The number of anilines is 2. The minimum absolute atomic E-state index is 0.238. The maximum absolute atomic E-state index is 5.65. The molecule has 1 atom stereocenters. The number of morpholine rings is 1. The topological polar surface area (TPSA) is 65.0 Å². The summed E-state index contributed by atoms with van der Waals surface area (Å²) in [7, 11) is 0. The fourth-order valence-corrected chi connectivity index (χ4v) is 3.86. The van der Waals surface area contributed by atoms with Gasteiger partial charge in [0, 0.05) is 51.2 Å². The van der Waals surface area contributed by atoms with Crippen molar-refractivity contribution in [3.8, 4) is 0 Å². The van der Waals surface area contributed by atoms with Gasteiger partial charge in [0.1, 0.15) is 5.82 Å². The highest BCUT2D eigenvalue weighted by Crippen LogP contribution is 2.17. The van der Waals surface area contributed by atoms with E-state index in [2.05, 4.69) is 82.6 Å². The molecule has 2 N–H and O–H groups in total. The molecular weight excluding hydrogens is 400 g/mol. The van der Waals surface area contributed by atoms with Gasteiger partial charge in [-0.25, -0.2) is 9.98 Å². The van der Waals surface area contributed by atoms with Crippen LogP contribution in [-0.4, -0.2) is 62.9 Å². The zero-order valence-electron chi connectivity index (χ0n) is 19.8. The van der Waals surface area contributed by atoms with Crippen molar-refractivity contribution in [3.05, 3.63) is 54.2 Å². The van der Waals surface area contributed by atoms with Crippen LogP contribution >= 0.6 is 0 Å². The molecule has 1 aromatic carbocycles. The molecule has 1 aliphatic rings. The Balaban J connectivity index is 1.51. The summed E-state index contributed by atoms with van der Waals surface area (Å²) in [6.45, 7) is 13.3. The van der Waals surface area contributed by atoms with Gasteiger partial charge >= 0.3 is 0 Å². The van der Waals surface area contributed by atoms with Crippen LogP contribution in [0.1, 0.15) is 32.8 Å². The number of benzene rings is 1. The van der Waals surface area contributed by atoms with Gasteiger partial charge in [-0.05, 0) is 57.0 Å². The van der Waals surface area contributed by atoms with Crippen LogP contribution in [0, 0.1) is 0 Å². The number of hydrogen-bond donors (Lipinski definition) is 2. The number of nitrogens with zero attached hydrogens (tertiary/aromatic N) is 4. The molecular formula is C25H38N6O. The fraction of sp³-hybridized carbons (Fsp3) is 0.520. The molecule has 7 heteroatoms. The molecule has 1 aromatic heterocycles. The standard InChI is InChI=1S/C25H38N6O/c1-4-26-25(28-13-9-15-30(5-2)23-10-7-6-8-11-23)29-19-22-12-14-27-24(18-22)31-16-17-32-21(3)20-31/h6-8,10-12,14,18,21H,4-5,9,13,15-17,19-20H2,1-3H3,(H2,26,28,29). The van der Waals surface area contributed by atoms with E-state index in [1.165, 1.54) is 5.69 Å². The molecule has 174 valence electrons. The lowest BCUT2D eigenvalue weighted by molar-refractivity contribution is 0.0529. The molecule has 1 fully saturated rings. The molecule has 0 bridgehead atoms. The molecule has 2 aromatic rings. The van der Waals surface area contributed by atoms with Crippen LogP contribution in [0.2, 0.25) is 0 Å². The molecule has 1 unspecified atom stereocenters. The highest BCUT2D eigenvalue weighted by Gasteiger charge is 2.18. The molecule has 0 amide bonds. The van der Waals surface area contributed by atoms with Gasteiger partial charge in [-0.15, -0.1) is 0 Å². The van der Waals surface area contributed by atoms with E-state index in [-0.39, 0.29) is 6.10 Å². The van der Waals surface area contributed by atoms with E-state index < -0.39 is 0 Å². The molecule has 0 aliphatic carbocycles. The number of hydrogen-bond acceptors (Lipinski definition) is 5. The van der Waals surface area contributed by atoms with Crippen LogP contribution < -0.4 is 20.4 Å². The van der Waals surface area contributed by atoms with Crippen LogP contribution in [-0.2, 0) is 11.3 Å². The summed E-state index contributed by atoms with van der Waals surface area (Å²) < 4.78 is 5.65. The van der Waals surface area contributed by atoms with Gasteiger partial charge in [-0.1, -0.05) is 18.2 Å². The minimum atomic E-state index is 0.238. The van der Waals surface area contributed by atoms with Crippen molar-refractivity contribution in [2.75, 3.05) is 55.7 Å². The van der Waals surface area contributed by atoms with E-state index in [0.717, 1.165) is 69.6 Å². The quantitative estimate of drug-likeness (QED) is 0.337. The second kappa shape index (κ2) is 12.9. The normalized spacial score (nSPS) is 16.7. The number of aromatic nitrogens is 1. The van der Waals surface area contributed by atoms with Gasteiger partial charge in [-0.3, -0.25) is 0 Å². The first-order valence-corrected chi connectivity index (χ1v) is 11.8. The molecule has 0 radical (unpaired) electrons. The van der Waals surface area contributed by atoms with Crippen molar-refractivity contribution >= 4 is 17.5 Å². The summed E-state index contributed by atoms with van der Waals surface area (Å²) in [6.07, 6.45) is 3.16. The lowest BCUT2D eigenvalue weighted by atomic mass is 10.2. The van der Waals surface area contributed by atoms with Crippen molar-refractivity contribution in [3.63, 3.8) is 0 Å². The molecule has 2 heterocycles. The molecule has 1 aliphatic heterocycles. The maximum Gasteiger partial charge on any atom is 0.191 e. The molecule has 0 spiro atoms. The van der Waals surface area contributed by atoms with E-state index >= 15 is 0 Å². The van der Waals surface area contributed by atoms with Crippen LogP contribution in [0.15, 0.2) is 53.7 Å². The third kappa shape index (κ3) is 7.41. The van der Waals surface area contributed by atoms with Crippen LogP contribution in [0.4, 0.5) is 11.5 Å². The Hall–Kier alpha value is -2.80. The molecule has 1 saturated heterocycles. The molecule has 0 saturated carbocycles. The summed E-state index contributed by atoms with van der Waals surface area (Å²) in [4.78, 5) is 14.0. The highest BCUT2D eigenvalue weighted by molar-refractivity contribution is 5.79. The van der Waals surface area contributed by atoms with E-state index in [0.29, 0.717) is 6.54 Å². The number of nitrogens with one attached hydrogen (secondary N) is 2. The van der Waals surface area contributed by atoms with Crippen LogP contribution in [0.25, 0.3) is 0 Å². The Bertz CT molecular complexity index is 828. The van der Waals surface area contributed by atoms with Gasteiger partial charge in [0.25, 0.3) is 0 Å². The largest absolute Gasteiger partial charge is 0.375 e. The van der Waals surface area contributed by atoms with Crippen LogP contribution in [0.3, 0.4) is 0 Å². The lowest BCUT2D eigenvalue weighted by Crippen LogP contribution is -2.41. The number of aliphatic imine (C=N–C) groups is 1. The average Bonchev–Trinajstić information content (AvgIpc) is 2.83. The Morgan fingerprint density at radius 3 is 2.81 bits per heavy atom. The van der Waals surface area contributed by atoms with Crippen molar-refractivity contribution < 1.29 is 4.74 Å². The third-order valence-corrected chi connectivity index (χ3v) is 5.54. The summed E-state index contributed by atoms with van der Waals surface area (Å²) in [5.41, 5.74) is 2.44. The fourth-order valence-electron chi connectivity index (χ4n) is 3.86. The smallest absolute Gasteiger partial charge is 0.191 e. The zero-order valence-corrected chi connectivity index (χ0v) is 19.8. The van der Waals surface area contributed by atoms with E-state index in [9.17, 15) is 0 Å². The molecule has 32 heavy (non-hydrogen) atoms. The molecule has 3 rings (SSSR count). The Kier molecular flexibility index (Phi) is 9.62. The predicted molar refractivity (Wildman–Crippen MR) is 134 cm³/mol. The SMILES string of the molecule is CCNC(=NCc1ccnc(N2CCOC(C)C2)c1)NCCCN(CC)c1ccccc1. The first-order chi connectivity index (χ1) is 15.7. The third-order valence-electron chi connectivity index (χ3n) is 5.54. The highest BCUT2D eigenvalue weighted by atomic mass is 16.5. The first-order valence-electron chi connectivity index (χ1n) is 11.8. The minimum Gasteiger partial charge on any atom is -0.375 e. The van der Waals surface area contributed by atoms with Crippen molar-refractivity contribution in [2.45, 2.75) is 39.8 Å². The van der Waals surface area contributed by atoms with Gasteiger partial charge in [0.05, 0.1) is 19.3 Å². The Morgan fingerprint density at radius 2 is 2.06 bits per heavy atom. The first kappa shape index (κ1) is 23.9. The number of guanidine groups is 1. The van der Waals surface area contributed by atoms with Gasteiger partial charge in [0.15, 0.2) is 5.96 Å². The summed E-state index contributed by atoms with van der Waals surface area (Å²) in [5.74, 6) is 1.86. The van der Waals surface area contributed by atoms with Gasteiger partial charge in [-0.2, -0.15) is 0 Å². The maximum atomic E-state index is 5.65. The molecule has 7 nitrogen and oxygen atoms in total. The second-order valence-electron chi connectivity index (χ2n) is 8.04. The Labute approximate surface area is 192 Å². The zero-order chi connectivity index (χ0) is 22.6. The second-order valence-corrected chi connectivity index (χ2v) is 8.04. The number of rotatable bonds is 10. The van der Waals surface area contributed by atoms with Gasteiger partial charge < -0.3 is 25.2 Å². The average molecular weight is 439 g/mol. The van der Waals surface area contributed by atoms with Crippen molar-refractivity contribution in [1.82, 2.24) is 15.6 Å². The van der Waals surface area contributed by atoms with E-state index in [1.54, 1.807) is 0 Å². The van der Waals surface area contributed by atoms with E-state index in [4.69, 9.17) is 9.73 Å². The Morgan fingerprint density at radius 1 is 1.22 bits per heavy atom. The summed E-state index contributed by atoms with van der Waals surface area (Å²) in [5, 5.41) is 6.83. The monoisotopic (exact) mass is 438 g/mol. The predicted octanol–water partition coefficient (Wildman–Crippen LogP) is 3.28. The number of pyridine rings is 1. The van der Waals surface area contributed by atoms with Crippen molar-refractivity contribution in [1.29, 1.82) is 0 Å². The summed E-state index contributed by atoms with van der Waals surface area (Å²) >= 11 is 0. The lowest BCUT2D eigenvalue weighted by Gasteiger charge is -2.32. The van der Waals surface area contributed by atoms with Gasteiger partial charge in [0.2, 0.25) is 0 Å². The number of para-hydroxylation sites is 1. The van der Waals surface area contributed by atoms with Crippen molar-refractivity contribution in [2.24, 2.45) is 4.99 Å². The van der Waals surface area contributed by atoms with Crippen LogP contribution in [0.5, 0.6) is 0 Å². The summed E-state index contributed by atoms with van der Waals surface area (Å²) in [6, 6.07) is 14.8.